The molecule has 3 amide bonds. The number of thioether (sulfide) groups is 1. The summed E-state index contributed by atoms with van der Waals surface area (Å²) in [5.41, 5.74) is 0.755. The number of hydrogen-bond donors (Lipinski definition) is 2. The zero-order valence-electron chi connectivity index (χ0n) is 13.6. The number of nitrogens with zero attached hydrogens (tertiary/aromatic N) is 2. The van der Waals surface area contributed by atoms with Crippen molar-refractivity contribution in [1.82, 2.24) is 20.6 Å². The molecule has 1 aromatic carbocycles. The summed E-state index contributed by atoms with van der Waals surface area (Å²) in [5, 5.41) is 5.59. The van der Waals surface area contributed by atoms with Gasteiger partial charge in [0.1, 0.15) is 5.03 Å². The van der Waals surface area contributed by atoms with Gasteiger partial charge in [0.2, 0.25) is 5.91 Å². The van der Waals surface area contributed by atoms with Crippen molar-refractivity contribution in [2.24, 2.45) is 0 Å². The fourth-order valence-electron chi connectivity index (χ4n) is 2.15. The molecule has 2 N–H and O–H groups in total. The lowest BCUT2D eigenvalue weighted by atomic mass is 10.2. The summed E-state index contributed by atoms with van der Waals surface area (Å²) < 4.78 is 5.38. The molecule has 0 spiro atoms. The highest BCUT2D eigenvalue weighted by molar-refractivity contribution is 8.00. The molecule has 7 nitrogen and oxygen atoms in total. The first-order chi connectivity index (χ1) is 12.1. The Balaban J connectivity index is 1.94. The average Bonchev–Trinajstić information content (AvgIpc) is 3.16. The van der Waals surface area contributed by atoms with Gasteiger partial charge in [-0.2, -0.15) is 0 Å². The van der Waals surface area contributed by atoms with Gasteiger partial charge in [-0.25, -0.2) is 14.8 Å². The first-order valence-electron chi connectivity index (χ1n) is 7.58. The molecule has 0 unspecified atom stereocenters. The van der Waals surface area contributed by atoms with E-state index >= 15 is 0 Å². The number of amides is 3. The SMILES string of the molecule is CNC(=O)NC(=O)[C@H](C)Sc1nc(-c2ccco2)nc2ccccc12. The number of carbonyl (C=O) groups is 2. The zero-order valence-corrected chi connectivity index (χ0v) is 14.5. The normalized spacial score (nSPS) is 11.9. The summed E-state index contributed by atoms with van der Waals surface area (Å²) in [4.78, 5) is 32.5. The number of carbonyl (C=O) groups excluding carboxylic acids is 2. The summed E-state index contributed by atoms with van der Waals surface area (Å²) >= 11 is 1.26. The van der Waals surface area contributed by atoms with E-state index in [9.17, 15) is 9.59 Å². The van der Waals surface area contributed by atoms with E-state index in [1.54, 1.807) is 25.3 Å². The second-order valence-corrected chi connectivity index (χ2v) is 6.50. The van der Waals surface area contributed by atoms with Crippen LogP contribution < -0.4 is 10.6 Å². The standard InChI is InChI=1S/C17H16N4O3S/c1-10(15(22)21-17(23)18-2)25-16-11-6-3-4-7-12(11)19-14(20-16)13-8-5-9-24-13/h3-10H,1-2H3,(H2,18,21,22,23)/t10-/m0/s1. The van der Waals surface area contributed by atoms with Gasteiger partial charge >= 0.3 is 6.03 Å². The lowest BCUT2D eigenvalue weighted by Crippen LogP contribution is -2.41. The molecule has 0 fully saturated rings. The molecule has 0 bridgehead atoms. The van der Waals surface area contributed by atoms with E-state index in [0.29, 0.717) is 16.6 Å². The van der Waals surface area contributed by atoms with Crippen LogP contribution in [0, 0.1) is 0 Å². The molecule has 0 aliphatic heterocycles. The highest BCUT2D eigenvalue weighted by Crippen LogP contribution is 2.31. The fourth-order valence-corrected chi connectivity index (χ4v) is 3.09. The molecule has 25 heavy (non-hydrogen) atoms. The van der Waals surface area contributed by atoms with Crippen molar-refractivity contribution in [3.8, 4) is 11.6 Å². The molecular weight excluding hydrogens is 340 g/mol. The smallest absolute Gasteiger partial charge is 0.321 e. The second kappa shape index (κ2) is 7.35. The van der Waals surface area contributed by atoms with Crippen LogP contribution in [0.1, 0.15) is 6.92 Å². The minimum atomic E-state index is -0.540. The third-order valence-electron chi connectivity index (χ3n) is 3.43. The molecule has 0 saturated carbocycles. The summed E-state index contributed by atoms with van der Waals surface area (Å²) in [7, 11) is 1.45. The van der Waals surface area contributed by atoms with Gasteiger partial charge < -0.3 is 9.73 Å². The number of aromatic nitrogens is 2. The number of fused-ring (bicyclic) bond motifs is 1. The van der Waals surface area contributed by atoms with Crippen molar-refractivity contribution in [3.05, 3.63) is 42.7 Å². The monoisotopic (exact) mass is 356 g/mol. The largest absolute Gasteiger partial charge is 0.461 e. The van der Waals surface area contributed by atoms with Crippen molar-refractivity contribution in [3.63, 3.8) is 0 Å². The van der Waals surface area contributed by atoms with E-state index in [4.69, 9.17) is 4.42 Å². The van der Waals surface area contributed by atoms with Crippen LogP contribution in [0.15, 0.2) is 52.1 Å². The number of urea groups is 1. The Morgan fingerprint density at radius 2 is 1.96 bits per heavy atom. The van der Waals surface area contributed by atoms with E-state index in [1.165, 1.54) is 18.8 Å². The van der Waals surface area contributed by atoms with Gasteiger partial charge in [-0.05, 0) is 25.1 Å². The molecule has 128 valence electrons. The lowest BCUT2D eigenvalue weighted by molar-refractivity contribution is -0.119. The van der Waals surface area contributed by atoms with Crippen molar-refractivity contribution in [1.29, 1.82) is 0 Å². The van der Waals surface area contributed by atoms with Gasteiger partial charge in [0.25, 0.3) is 0 Å². The Bertz CT molecular complexity index is 911. The van der Waals surface area contributed by atoms with Crippen LogP contribution in [-0.4, -0.2) is 34.2 Å². The number of imide groups is 1. The van der Waals surface area contributed by atoms with Crippen molar-refractivity contribution < 1.29 is 14.0 Å². The van der Waals surface area contributed by atoms with Gasteiger partial charge in [0.05, 0.1) is 17.0 Å². The van der Waals surface area contributed by atoms with Crippen molar-refractivity contribution in [2.45, 2.75) is 17.2 Å². The third kappa shape index (κ3) is 3.80. The number of furan rings is 1. The number of rotatable bonds is 4. The average molecular weight is 356 g/mol. The van der Waals surface area contributed by atoms with Gasteiger partial charge in [-0.3, -0.25) is 10.1 Å². The van der Waals surface area contributed by atoms with E-state index < -0.39 is 17.2 Å². The molecular formula is C17H16N4O3S. The Kier molecular flexibility index (Phi) is 4.99. The molecule has 0 radical (unpaired) electrons. The van der Waals surface area contributed by atoms with Gasteiger partial charge in [-0.1, -0.05) is 30.0 Å². The summed E-state index contributed by atoms with van der Waals surface area (Å²) in [6, 6.07) is 10.5. The molecule has 3 aromatic rings. The van der Waals surface area contributed by atoms with Crippen LogP contribution in [0.4, 0.5) is 4.79 Å². The Morgan fingerprint density at radius 1 is 1.16 bits per heavy atom. The second-order valence-electron chi connectivity index (χ2n) is 5.18. The summed E-state index contributed by atoms with van der Waals surface area (Å²) in [5.74, 6) is 0.603. The Hall–Kier alpha value is -2.87. The maximum absolute atomic E-state index is 12.1. The Morgan fingerprint density at radius 3 is 2.68 bits per heavy atom. The Labute approximate surface area is 148 Å². The fraction of sp³-hybridized carbons (Fsp3) is 0.176. The molecule has 0 saturated heterocycles. The van der Waals surface area contributed by atoms with Crippen LogP contribution in [0.25, 0.3) is 22.5 Å². The molecule has 1 atom stereocenters. The molecule has 0 aliphatic carbocycles. The highest BCUT2D eigenvalue weighted by Gasteiger charge is 2.20. The number of para-hydroxylation sites is 1. The highest BCUT2D eigenvalue weighted by atomic mass is 32.2. The molecule has 2 heterocycles. The number of hydrogen-bond acceptors (Lipinski definition) is 6. The van der Waals surface area contributed by atoms with Gasteiger partial charge in [-0.15, -0.1) is 0 Å². The summed E-state index contributed by atoms with van der Waals surface area (Å²) in [6.07, 6.45) is 1.56. The van der Waals surface area contributed by atoms with Gasteiger partial charge in [0, 0.05) is 12.4 Å². The van der Waals surface area contributed by atoms with Gasteiger partial charge in [0.15, 0.2) is 11.6 Å². The quantitative estimate of drug-likeness (QED) is 0.551. The van der Waals surface area contributed by atoms with E-state index in [2.05, 4.69) is 20.6 Å². The van der Waals surface area contributed by atoms with E-state index in [-0.39, 0.29) is 0 Å². The molecule has 3 rings (SSSR count). The number of benzene rings is 1. The van der Waals surface area contributed by atoms with Crippen LogP contribution in [0.2, 0.25) is 0 Å². The maximum Gasteiger partial charge on any atom is 0.321 e. The first kappa shape index (κ1) is 17.0. The van der Waals surface area contributed by atoms with Crippen molar-refractivity contribution >= 4 is 34.6 Å². The predicted octanol–water partition coefficient (Wildman–Crippen LogP) is 2.83. The minimum absolute atomic E-state index is 0.397. The molecule has 0 aliphatic rings. The first-order valence-corrected chi connectivity index (χ1v) is 8.46. The van der Waals surface area contributed by atoms with Crippen molar-refractivity contribution in [2.75, 3.05) is 7.05 Å². The minimum Gasteiger partial charge on any atom is -0.461 e. The van der Waals surface area contributed by atoms with E-state index in [1.807, 2.05) is 24.3 Å². The zero-order chi connectivity index (χ0) is 17.8. The van der Waals surface area contributed by atoms with Crippen LogP contribution in [0.5, 0.6) is 0 Å². The summed E-state index contributed by atoms with van der Waals surface area (Å²) in [6.45, 7) is 1.71. The lowest BCUT2D eigenvalue weighted by Gasteiger charge is -2.12. The predicted molar refractivity (Wildman–Crippen MR) is 95.2 cm³/mol. The molecule has 2 aromatic heterocycles. The van der Waals surface area contributed by atoms with Crippen LogP contribution in [0.3, 0.4) is 0 Å². The topological polar surface area (TPSA) is 97.1 Å². The van der Waals surface area contributed by atoms with Crippen LogP contribution >= 0.6 is 11.8 Å². The number of nitrogens with one attached hydrogen (secondary N) is 2. The van der Waals surface area contributed by atoms with E-state index in [0.717, 1.165) is 10.9 Å². The maximum atomic E-state index is 12.1. The van der Waals surface area contributed by atoms with Crippen LogP contribution in [-0.2, 0) is 4.79 Å². The molecule has 8 heteroatoms. The third-order valence-corrected chi connectivity index (χ3v) is 4.53.